The van der Waals surface area contributed by atoms with Crippen LogP contribution >= 0.6 is 0 Å². The molecule has 1 N–H and O–H groups in total. The second-order valence-corrected chi connectivity index (χ2v) is 13.2. The lowest BCUT2D eigenvalue weighted by atomic mass is 9.45. The van der Waals surface area contributed by atoms with Crippen LogP contribution in [0.15, 0.2) is 18.3 Å². The first-order chi connectivity index (χ1) is 16.8. The summed E-state index contributed by atoms with van der Waals surface area (Å²) in [7, 11) is 3.63. The molecule has 192 valence electrons. The Labute approximate surface area is 211 Å². The summed E-state index contributed by atoms with van der Waals surface area (Å²) in [6.45, 7) is 8.23. The van der Waals surface area contributed by atoms with E-state index in [9.17, 15) is 4.79 Å². The third-order valence-corrected chi connectivity index (χ3v) is 12.3. The SMILES string of the molecule is CNC(=O)c1cccnc1OC[C@@H](C)[C@H]1CC[C@H]2[C@@H]3CC(OC)[C@]45CC4CC[C@]5(C)[C@H]3CC[C@]12C. The lowest BCUT2D eigenvalue weighted by molar-refractivity contribution is -0.161. The van der Waals surface area contributed by atoms with Gasteiger partial charge in [-0.15, -0.1) is 0 Å². The van der Waals surface area contributed by atoms with Crippen molar-refractivity contribution in [2.75, 3.05) is 20.8 Å². The van der Waals surface area contributed by atoms with Crippen molar-refractivity contribution in [3.8, 4) is 5.88 Å². The fourth-order valence-corrected chi connectivity index (χ4v) is 10.7. The first-order valence-corrected chi connectivity index (χ1v) is 14.1. The summed E-state index contributed by atoms with van der Waals surface area (Å²) in [5.41, 5.74) is 1.88. The number of nitrogens with zero attached hydrogens (tertiary/aromatic N) is 1. The van der Waals surface area contributed by atoms with Gasteiger partial charge in [0.2, 0.25) is 5.88 Å². The van der Waals surface area contributed by atoms with Crippen molar-refractivity contribution >= 4 is 5.91 Å². The molecule has 0 aromatic carbocycles. The second-order valence-electron chi connectivity index (χ2n) is 13.2. The number of hydrogen-bond donors (Lipinski definition) is 1. The molecule has 1 aromatic heterocycles. The maximum Gasteiger partial charge on any atom is 0.256 e. The van der Waals surface area contributed by atoms with Crippen LogP contribution in [0, 0.1) is 51.8 Å². The molecule has 0 saturated heterocycles. The third-order valence-electron chi connectivity index (χ3n) is 12.3. The Balaban J connectivity index is 1.19. The second kappa shape index (κ2) is 8.19. The van der Waals surface area contributed by atoms with Crippen LogP contribution in [0.2, 0.25) is 0 Å². The lowest BCUT2D eigenvalue weighted by Crippen LogP contribution is -2.57. The predicted octanol–water partition coefficient (Wildman–Crippen LogP) is 5.74. The van der Waals surface area contributed by atoms with Gasteiger partial charge in [-0.3, -0.25) is 4.79 Å². The van der Waals surface area contributed by atoms with Gasteiger partial charge in [0.1, 0.15) is 5.56 Å². The average Bonchev–Trinajstić information content (AvgIpc) is 3.38. The van der Waals surface area contributed by atoms with Gasteiger partial charge in [0.15, 0.2) is 0 Å². The van der Waals surface area contributed by atoms with Crippen molar-refractivity contribution in [1.29, 1.82) is 0 Å². The fourth-order valence-electron chi connectivity index (χ4n) is 10.7. The highest BCUT2D eigenvalue weighted by Gasteiger charge is 2.77. The van der Waals surface area contributed by atoms with Crippen LogP contribution in [-0.4, -0.2) is 37.8 Å². The van der Waals surface area contributed by atoms with E-state index in [0.717, 1.165) is 23.7 Å². The molecular formula is C30H44N2O3. The normalized spacial score (nSPS) is 46.1. The van der Waals surface area contributed by atoms with Crippen LogP contribution in [0.25, 0.3) is 0 Å². The van der Waals surface area contributed by atoms with Gasteiger partial charge in [0.05, 0.1) is 12.7 Å². The van der Waals surface area contributed by atoms with E-state index in [2.05, 4.69) is 31.1 Å². The Bertz CT molecular complexity index is 998. The van der Waals surface area contributed by atoms with Gasteiger partial charge in [0, 0.05) is 25.8 Å². The van der Waals surface area contributed by atoms with Gasteiger partial charge in [-0.1, -0.05) is 20.8 Å². The van der Waals surface area contributed by atoms with E-state index in [-0.39, 0.29) is 5.91 Å². The number of nitrogens with one attached hydrogen (secondary N) is 1. The number of pyridine rings is 1. The number of fused-ring (bicyclic) bond motifs is 4. The van der Waals surface area contributed by atoms with Crippen LogP contribution < -0.4 is 10.1 Å². The molecule has 5 aliphatic carbocycles. The molecule has 1 aromatic rings. The first kappa shape index (κ1) is 23.8. The molecule has 1 heterocycles. The van der Waals surface area contributed by atoms with Gasteiger partial charge >= 0.3 is 0 Å². The molecule has 0 aliphatic heterocycles. The number of carbonyl (C=O) groups is 1. The van der Waals surface area contributed by atoms with Crippen molar-refractivity contribution in [1.82, 2.24) is 10.3 Å². The zero-order valence-corrected chi connectivity index (χ0v) is 22.3. The largest absolute Gasteiger partial charge is 0.477 e. The third kappa shape index (κ3) is 3.15. The minimum absolute atomic E-state index is 0.145. The summed E-state index contributed by atoms with van der Waals surface area (Å²) in [6, 6.07) is 3.58. The molecular weight excluding hydrogens is 436 g/mol. The molecule has 5 nitrogen and oxygen atoms in total. The Morgan fingerprint density at radius 3 is 2.77 bits per heavy atom. The van der Waals surface area contributed by atoms with Gasteiger partial charge < -0.3 is 14.8 Å². The molecule has 35 heavy (non-hydrogen) atoms. The summed E-state index contributed by atoms with van der Waals surface area (Å²) in [6.07, 6.45) is 13.1. The molecule has 5 saturated carbocycles. The Kier molecular flexibility index (Phi) is 5.56. The number of methoxy groups -OCH3 is 1. The number of hydrogen-bond acceptors (Lipinski definition) is 4. The first-order valence-electron chi connectivity index (χ1n) is 14.1. The van der Waals surface area contributed by atoms with E-state index in [1.54, 1.807) is 25.4 Å². The predicted molar refractivity (Wildman–Crippen MR) is 136 cm³/mol. The van der Waals surface area contributed by atoms with Crippen LogP contribution in [0.1, 0.15) is 82.5 Å². The van der Waals surface area contributed by atoms with Crippen molar-refractivity contribution in [2.24, 2.45) is 51.8 Å². The molecule has 1 spiro atoms. The molecule has 6 rings (SSSR count). The minimum Gasteiger partial charge on any atom is -0.477 e. The number of ether oxygens (including phenoxy) is 2. The summed E-state index contributed by atoms with van der Waals surface area (Å²) in [5.74, 6) is 4.83. The van der Waals surface area contributed by atoms with Crippen LogP contribution in [0.3, 0.4) is 0 Å². The Morgan fingerprint density at radius 2 is 2.03 bits per heavy atom. The molecule has 1 amide bonds. The van der Waals surface area contributed by atoms with Crippen LogP contribution in [0.4, 0.5) is 0 Å². The maximum atomic E-state index is 12.2. The zero-order chi connectivity index (χ0) is 24.6. The minimum atomic E-state index is -0.145. The van der Waals surface area contributed by atoms with E-state index in [1.807, 2.05) is 7.11 Å². The number of rotatable bonds is 6. The van der Waals surface area contributed by atoms with Crippen molar-refractivity contribution in [3.63, 3.8) is 0 Å². The highest BCUT2D eigenvalue weighted by Crippen LogP contribution is 2.82. The molecule has 0 bridgehead atoms. The van der Waals surface area contributed by atoms with Crippen molar-refractivity contribution in [3.05, 3.63) is 23.9 Å². The Morgan fingerprint density at radius 1 is 1.20 bits per heavy atom. The van der Waals surface area contributed by atoms with Crippen LogP contribution in [-0.2, 0) is 4.74 Å². The van der Waals surface area contributed by atoms with Gasteiger partial charge in [-0.2, -0.15) is 0 Å². The van der Waals surface area contributed by atoms with E-state index in [0.29, 0.717) is 52.2 Å². The summed E-state index contributed by atoms with van der Waals surface area (Å²) >= 11 is 0. The van der Waals surface area contributed by atoms with E-state index in [4.69, 9.17) is 9.47 Å². The average molecular weight is 481 g/mol. The van der Waals surface area contributed by atoms with E-state index in [1.165, 1.54) is 51.4 Å². The van der Waals surface area contributed by atoms with Crippen LogP contribution in [0.5, 0.6) is 5.88 Å². The standard InChI is InChI=1S/C30H44N2O3/c1-18(17-35-27-20(26(33)31-4)7-6-14-32-27)22-8-9-23-21-15-25(34-5)30-16-19(30)10-13-29(30,3)24(21)11-12-28(22,23)2/h6-7,14,18-19,21-25H,8-13,15-17H2,1-5H3,(H,31,33)/t18-,19?,21+,22-,23+,24+,25?,28-,29-,30+/m1/s1. The highest BCUT2D eigenvalue weighted by atomic mass is 16.5. The lowest BCUT2D eigenvalue weighted by Gasteiger charge is -2.61. The molecule has 0 radical (unpaired) electrons. The monoisotopic (exact) mass is 480 g/mol. The number of carbonyl (C=O) groups excluding carboxylic acids is 1. The molecule has 2 unspecified atom stereocenters. The maximum absolute atomic E-state index is 12.2. The quantitative estimate of drug-likeness (QED) is 0.564. The Hall–Kier alpha value is -1.62. The van der Waals surface area contributed by atoms with Crippen molar-refractivity contribution in [2.45, 2.75) is 78.2 Å². The summed E-state index contributed by atoms with van der Waals surface area (Å²) in [5, 5.41) is 2.70. The number of aromatic nitrogens is 1. The van der Waals surface area contributed by atoms with E-state index < -0.39 is 0 Å². The molecule has 5 aliphatic rings. The fraction of sp³-hybridized carbons (Fsp3) is 0.800. The van der Waals surface area contributed by atoms with Crippen molar-refractivity contribution < 1.29 is 14.3 Å². The summed E-state index contributed by atoms with van der Waals surface area (Å²) < 4.78 is 12.5. The topological polar surface area (TPSA) is 60.5 Å². The van der Waals surface area contributed by atoms with E-state index >= 15 is 0 Å². The van der Waals surface area contributed by atoms with Gasteiger partial charge in [-0.05, 0) is 110 Å². The number of amides is 1. The molecule has 10 atom stereocenters. The van der Waals surface area contributed by atoms with Gasteiger partial charge in [-0.25, -0.2) is 4.98 Å². The molecule has 5 fully saturated rings. The molecule has 5 heteroatoms. The summed E-state index contributed by atoms with van der Waals surface area (Å²) in [4.78, 5) is 16.6. The smallest absolute Gasteiger partial charge is 0.256 e. The highest BCUT2D eigenvalue weighted by molar-refractivity contribution is 5.96. The van der Waals surface area contributed by atoms with Gasteiger partial charge in [0.25, 0.3) is 5.91 Å². The zero-order valence-electron chi connectivity index (χ0n) is 22.3.